The van der Waals surface area contributed by atoms with Crippen molar-refractivity contribution in [1.29, 1.82) is 0 Å². The fraction of sp³-hybridized carbons (Fsp3) is 0.571. The normalized spacial score (nSPS) is 22.4. The monoisotopic (exact) mass is 477 g/mol. The van der Waals surface area contributed by atoms with E-state index >= 15 is 0 Å². The molecule has 35 heavy (non-hydrogen) atoms. The van der Waals surface area contributed by atoms with E-state index in [2.05, 4.69) is 64.1 Å². The van der Waals surface area contributed by atoms with E-state index in [1.807, 2.05) is 6.20 Å². The summed E-state index contributed by atoms with van der Waals surface area (Å²) >= 11 is 0. The van der Waals surface area contributed by atoms with Crippen molar-refractivity contribution in [2.24, 2.45) is 0 Å². The maximum absolute atomic E-state index is 10.1. The van der Waals surface area contributed by atoms with Gasteiger partial charge in [-0.1, -0.05) is 37.6 Å². The molecule has 7 nitrogen and oxygen atoms in total. The number of benzene rings is 1. The minimum atomic E-state index is -0.173. The third-order valence-corrected chi connectivity index (χ3v) is 7.50. The van der Waals surface area contributed by atoms with Crippen LogP contribution in [0.5, 0.6) is 0 Å². The van der Waals surface area contributed by atoms with Crippen LogP contribution in [0.2, 0.25) is 0 Å². The minimum Gasteiger partial charge on any atom is -0.393 e. The predicted octanol–water partition coefficient (Wildman–Crippen LogP) is 5.01. The van der Waals surface area contributed by atoms with Crippen molar-refractivity contribution in [2.45, 2.75) is 77.1 Å². The minimum absolute atomic E-state index is 0.173. The molecule has 2 aromatic heterocycles. The predicted molar refractivity (Wildman–Crippen MR) is 141 cm³/mol. The van der Waals surface area contributed by atoms with E-state index in [1.165, 1.54) is 16.7 Å². The van der Waals surface area contributed by atoms with E-state index < -0.39 is 0 Å². The Bertz CT molecular complexity index is 1100. The van der Waals surface area contributed by atoms with Crippen LogP contribution < -0.4 is 5.32 Å². The van der Waals surface area contributed by atoms with Gasteiger partial charge in [0.2, 0.25) is 5.95 Å². The van der Waals surface area contributed by atoms with E-state index in [9.17, 15) is 5.11 Å². The highest BCUT2D eigenvalue weighted by Gasteiger charge is 2.24. The first-order valence-corrected chi connectivity index (χ1v) is 13.3. The number of hydrogen-bond acceptors (Lipinski definition) is 6. The molecule has 0 bridgehead atoms. The molecule has 3 heterocycles. The highest BCUT2D eigenvalue weighted by atomic mass is 16.5. The molecule has 188 valence electrons. The Morgan fingerprint density at radius 1 is 1.11 bits per heavy atom. The van der Waals surface area contributed by atoms with Gasteiger partial charge in [0, 0.05) is 55.1 Å². The second-order valence-electron chi connectivity index (χ2n) is 10.3. The average Bonchev–Trinajstić information content (AvgIpc) is 3.24. The molecule has 0 radical (unpaired) electrons. The molecule has 1 aromatic carbocycles. The first-order valence-electron chi connectivity index (χ1n) is 13.3. The Kier molecular flexibility index (Phi) is 7.66. The SMILES string of the molecule is CCCC(C)Nc1ncc2c(-c3ccc(CN4CCOCC4)cc3)cn([C@H]3CC[C@H](O)CC3)c2n1. The van der Waals surface area contributed by atoms with Gasteiger partial charge in [-0.25, -0.2) is 4.98 Å². The summed E-state index contributed by atoms with van der Waals surface area (Å²) in [5.74, 6) is 0.695. The van der Waals surface area contributed by atoms with Crippen LogP contribution in [0.25, 0.3) is 22.2 Å². The lowest BCUT2D eigenvalue weighted by atomic mass is 9.93. The average molecular weight is 478 g/mol. The van der Waals surface area contributed by atoms with Crippen LogP contribution in [0.3, 0.4) is 0 Å². The number of anilines is 1. The lowest BCUT2D eigenvalue weighted by Gasteiger charge is -2.27. The zero-order chi connectivity index (χ0) is 24.2. The molecule has 3 aromatic rings. The molecular formula is C28H39N5O2. The molecule has 1 saturated carbocycles. The van der Waals surface area contributed by atoms with Crippen molar-refractivity contribution < 1.29 is 9.84 Å². The molecule has 2 aliphatic rings. The molecule has 5 rings (SSSR count). The van der Waals surface area contributed by atoms with Crippen molar-refractivity contribution in [3.63, 3.8) is 0 Å². The lowest BCUT2D eigenvalue weighted by Crippen LogP contribution is -2.35. The van der Waals surface area contributed by atoms with E-state index in [-0.39, 0.29) is 6.10 Å². The van der Waals surface area contributed by atoms with Gasteiger partial charge in [0.25, 0.3) is 0 Å². The largest absolute Gasteiger partial charge is 0.393 e. The van der Waals surface area contributed by atoms with Gasteiger partial charge >= 0.3 is 0 Å². The van der Waals surface area contributed by atoms with E-state index in [4.69, 9.17) is 9.72 Å². The summed E-state index contributed by atoms with van der Waals surface area (Å²) in [5.41, 5.74) is 4.68. The Hall–Kier alpha value is -2.48. The fourth-order valence-corrected chi connectivity index (χ4v) is 5.48. The summed E-state index contributed by atoms with van der Waals surface area (Å²) < 4.78 is 7.82. The Balaban J connectivity index is 1.45. The Morgan fingerprint density at radius 2 is 1.86 bits per heavy atom. The zero-order valence-electron chi connectivity index (χ0n) is 21.1. The fourth-order valence-electron chi connectivity index (χ4n) is 5.48. The van der Waals surface area contributed by atoms with Crippen molar-refractivity contribution in [2.75, 3.05) is 31.6 Å². The van der Waals surface area contributed by atoms with Crippen LogP contribution in [0.4, 0.5) is 5.95 Å². The van der Waals surface area contributed by atoms with E-state index in [1.54, 1.807) is 0 Å². The van der Waals surface area contributed by atoms with Gasteiger partial charge in [-0.3, -0.25) is 4.90 Å². The maximum Gasteiger partial charge on any atom is 0.224 e. The van der Waals surface area contributed by atoms with Crippen LogP contribution >= 0.6 is 0 Å². The summed E-state index contributed by atoms with van der Waals surface area (Å²) in [4.78, 5) is 12.1. The van der Waals surface area contributed by atoms with Crippen LogP contribution in [0, 0.1) is 0 Å². The number of rotatable bonds is 8. The third kappa shape index (κ3) is 5.68. The summed E-state index contributed by atoms with van der Waals surface area (Å²) in [7, 11) is 0. The van der Waals surface area contributed by atoms with Gasteiger partial charge in [0.05, 0.1) is 19.3 Å². The molecule has 1 aliphatic carbocycles. The quantitative estimate of drug-likeness (QED) is 0.475. The van der Waals surface area contributed by atoms with Crippen LogP contribution in [0.1, 0.15) is 64.0 Å². The maximum atomic E-state index is 10.1. The van der Waals surface area contributed by atoms with E-state index in [0.29, 0.717) is 18.0 Å². The van der Waals surface area contributed by atoms with Crippen LogP contribution in [-0.2, 0) is 11.3 Å². The van der Waals surface area contributed by atoms with Gasteiger partial charge in [-0.2, -0.15) is 4.98 Å². The Labute approximate surface area is 208 Å². The molecule has 1 atom stereocenters. The molecule has 1 aliphatic heterocycles. The number of hydrogen-bond donors (Lipinski definition) is 2. The van der Waals surface area contributed by atoms with Crippen molar-refractivity contribution >= 4 is 17.0 Å². The first-order chi connectivity index (χ1) is 17.1. The van der Waals surface area contributed by atoms with Gasteiger partial charge < -0.3 is 19.7 Å². The Morgan fingerprint density at radius 3 is 2.57 bits per heavy atom. The first kappa shape index (κ1) is 24.2. The molecule has 1 unspecified atom stereocenters. The van der Waals surface area contributed by atoms with Gasteiger partial charge in [-0.15, -0.1) is 0 Å². The number of ether oxygens (including phenoxy) is 1. The van der Waals surface area contributed by atoms with Crippen LogP contribution in [-0.4, -0.2) is 63.0 Å². The molecule has 0 spiro atoms. The number of aromatic nitrogens is 3. The lowest BCUT2D eigenvalue weighted by molar-refractivity contribution is 0.0342. The molecule has 1 saturated heterocycles. The molecular weight excluding hydrogens is 438 g/mol. The zero-order valence-corrected chi connectivity index (χ0v) is 21.1. The summed E-state index contributed by atoms with van der Waals surface area (Å²) in [5, 5.41) is 14.6. The van der Waals surface area contributed by atoms with Crippen molar-refractivity contribution in [3.05, 3.63) is 42.2 Å². The topological polar surface area (TPSA) is 75.4 Å². The van der Waals surface area contributed by atoms with E-state index in [0.717, 1.165) is 82.4 Å². The third-order valence-electron chi connectivity index (χ3n) is 7.50. The number of morpholine rings is 1. The second-order valence-corrected chi connectivity index (χ2v) is 10.3. The number of aliphatic hydroxyl groups excluding tert-OH is 1. The molecule has 2 N–H and O–H groups in total. The summed E-state index contributed by atoms with van der Waals surface area (Å²) in [6.45, 7) is 8.98. The highest BCUT2D eigenvalue weighted by molar-refractivity contribution is 5.94. The standard InChI is InChI=1S/C28H39N5O2/c1-3-4-20(2)30-28-29-17-25-26(19-33(27(25)31-28)23-9-11-24(34)12-10-23)22-7-5-21(6-8-22)18-32-13-15-35-16-14-32/h5-8,17,19-20,23-24,34H,3-4,9-16,18H2,1-2H3,(H,29,30,31)/t20?,23-,24-. The number of nitrogens with zero attached hydrogens (tertiary/aromatic N) is 4. The molecule has 7 heteroatoms. The number of aliphatic hydroxyl groups is 1. The summed E-state index contributed by atoms with van der Waals surface area (Å²) in [6.07, 6.45) is 9.93. The second kappa shape index (κ2) is 11.1. The molecule has 0 amide bonds. The smallest absolute Gasteiger partial charge is 0.224 e. The summed E-state index contributed by atoms with van der Waals surface area (Å²) in [6, 6.07) is 9.64. The van der Waals surface area contributed by atoms with Crippen molar-refractivity contribution in [3.8, 4) is 11.1 Å². The molecule has 2 fully saturated rings. The number of nitrogens with one attached hydrogen (secondary N) is 1. The number of fused-ring (bicyclic) bond motifs is 1. The van der Waals surface area contributed by atoms with Gasteiger partial charge in [0.15, 0.2) is 0 Å². The highest BCUT2D eigenvalue weighted by Crippen LogP contribution is 2.36. The van der Waals surface area contributed by atoms with Gasteiger partial charge in [-0.05, 0) is 50.2 Å². The van der Waals surface area contributed by atoms with Crippen molar-refractivity contribution in [1.82, 2.24) is 19.4 Å². The van der Waals surface area contributed by atoms with Gasteiger partial charge in [0.1, 0.15) is 5.65 Å². The van der Waals surface area contributed by atoms with Crippen LogP contribution in [0.15, 0.2) is 36.7 Å².